The Hall–Kier alpha value is -3.28. The molecule has 0 bridgehead atoms. The van der Waals surface area contributed by atoms with Gasteiger partial charge >= 0.3 is 5.70 Å². The fourth-order valence-electron chi connectivity index (χ4n) is 3.31. The molecule has 1 aliphatic carbocycles. The van der Waals surface area contributed by atoms with Crippen LogP contribution in [0.2, 0.25) is 0 Å². The van der Waals surface area contributed by atoms with E-state index in [2.05, 4.69) is 0 Å². The SMILES string of the molecule is N#CC(=C=[N-])[N+]1=C(c2ccccc2)C2CC2C(c2ccccc2)=N1. The van der Waals surface area contributed by atoms with Gasteiger partial charge in [0.25, 0.3) is 0 Å². The maximum Gasteiger partial charge on any atom is 0.335 e. The monoisotopic (exact) mass is 310 g/mol. The zero-order valence-electron chi connectivity index (χ0n) is 12.9. The molecule has 0 aromatic heterocycles. The van der Waals surface area contributed by atoms with E-state index in [0.29, 0.717) is 11.8 Å². The minimum atomic E-state index is 0.00707. The summed E-state index contributed by atoms with van der Waals surface area (Å²) >= 11 is 0. The van der Waals surface area contributed by atoms with Crippen molar-refractivity contribution in [3.63, 3.8) is 0 Å². The molecule has 1 aliphatic heterocycles. The second kappa shape index (κ2) is 5.73. The van der Waals surface area contributed by atoms with Gasteiger partial charge in [-0.1, -0.05) is 48.5 Å². The van der Waals surface area contributed by atoms with Gasteiger partial charge in [0, 0.05) is 22.1 Å². The van der Waals surface area contributed by atoms with Crippen LogP contribution in [-0.2, 0) is 0 Å². The Balaban J connectivity index is 1.94. The normalized spacial score (nSPS) is 21.2. The molecule has 2 atom stereocenters. The van der Waals surface area contributed by atoms with Gasteiger partial charge in [0.1, 0.15) is 5.71 Å². The van der Waals surface area contributed by atoms with E-state index in [1.165, 1.54) is 0 Å². The quantitative estimate of drug-likeness (QED) is 0.488. The van der Waals surface area contributed by atoms with Gasteiger partial charge in [-0.05, 0) is 23.2 Å². The Kier molecular flexibility index (Phi) is 3.42. The Morgan fingerprint density at radius 1 is 1.00 bits per heavy atom. The molecule has 2 aromatic carbocycles. The van der Waals surface area contributed by atoms with Crippen LogP contribution in [0.15, 0.2) is 71.5 Å². The third-order valence-corrected chi connectivity index (χ3v) is 4.49. The molecule has 4 nitrogen and oxygen atoms in total. The lowest BCUT2D eigenvalue weighted by Gasteiger charge is -2.11. The molecule has 1 fully saturated rings. The van der Waals surface area contributed by atoms with Gasteiger partial charge in [0.05, 0.1) is 5.92 Å². The van der Waals surface area contributed by atoms with E-state index in [-0.39, 0.29) is 5.70 Å². The van der Waals surface area contributed by atoms with E-state index in [4.69, 9.17) is 5.10 Å². The largest absolute Gasteiger partial charge is 0.757 e. The number of nitrogens with zero attached hydrogens (tertiary/aromatic N) is 4. The van der Waals surface area contributed by atoms with Crippen LogP contribution in [0.4, 0.5) is 0 Å². The fraction of sp³-hybridized carbons (Fsp3) is 0.150. The Labute approximate surface area is 140 Å². The molecule has 0 radical (unpaired) electrons. The van der Waals surface area contributed by atoms with E-state index >= 15 is 0 Å². The van der Waals surface area contributed by atoms with Crippen LogP contribution in [0, 0.1) is 23.2 Å². The van der Waals surface area contributed by atoms with Crippen molar-refractivity contribution < 1.29 is 4.68 Å². The summed E-state index contributed by atoms with van der Waals surface area (Å²) in [6.45, 7) is 0. The Morgan fingerprint density at radius 2 is 1.62 bits per heavy atom. The van der Waals surface area contributed by atoms with Crippen LogP contribution in [0.25, 0.3) is 5.41 Å². The highest BCUT2D eigenvalue weighted by Gasteiger charge is 2.54. The molecule has 1 saturated carbocycles. The number of rotatable bonds is 3. The molecular formula is C20H14N4. The van der Waals surface area contributed by atoms with Crippen LogP contribution in [-0.4, -0.2) is 22.0 Å². The van der Waals surface area contributed by atoms with Crippen molar-refractivity contribution in [3.8, 4) is 6.07 Å². The zero-order valence-corrected chi connectivity index (χ0v) is 12.9. The van der Waals surface area contributed by atoms with Crippen molar-refractivity contribution in [2.45, 2.75) is 6.42 Å². The molecule has 0 N–H and O–H groups in total. The van der Waals surface area contributed by atoms with Gasteiger partial charge in [-0.3, -0.25) is 0 Å². The van der Waals surface area contributed by atoms with E-state index < -0.39 is 0 Å². The minimum absolute atomic E-state index is 0.00707. The molecule has 24 heavy (non-hydrogen) atoms. The van der Waals surface area contributed by atoms with Crippen LogP contribution >= 0.6 is 0 Å². The van der Waals surface area contributed by atoms with Crippen molar-refractivity contribution in [1.29, 1.82) is 5.26 Å². The first-order chi connectivity index (χ1) is 11.8. The maximum absolute atomic E-state index is 9.37. The van der Waals surface area contributed by atoms with Crippen LogP contribution in [0.1, 0.15) is 17.5 Å². The number of hydrogen-bond acceptors (Lipinski definition) is 2. The molecule has 2 aliphatic rings. The van der Waals surface area contributed by atoms with Gasteiger partial charge in [0.15, 0.2) is 6.07 Å². The average Bonchev–Trinajstić information content (AvgIpc) is 3.44. The molecule has 0 saturated heterocycles. The Bertz CT molecular complexity index is 942. The van der Waals surface area contributed by atoms with Crippen LogP contribution < -0.4 is 0 Å². The average molecular weight is 310 g/mol. The Morgan fingerprint density at radius 3 is 2.21 bits per heavy atom. The standard InChI is InChI=1S/C20H14N4/c21-12-16(13-22)24-20(15-9-5-2-6-10-15)18-11-17(18)19(23-24)14-7-3-1-4-8-14/h1-10,17-18H,11H2. The number of nitriles is 1. The summed E-state index contributed by atoms with van der Waals surface area (Å²) in [5, 5.41) is 23.4. The predicted octanol–water partition coefficient (Wildman–Crippen LogP) is 3.19. The van der Waals surface area contributed by atoms with Gasteiger partial charge in [-0.25, -0.2) is 0 Å². The lowest BCUT2D eigenvalue weighted by molar-refractivity contribution is -0.476. The smallest absolute Gasteiger partial charge is 0.335 e. The van der Waals surface area contributed by atoms with E-state index in [1.54, 1.807) is 4.68 Å². The molecule has 4 rings (SSSR count). The van der Waals surface area contributed by atoms with Crippen molar-refractivity contribution in [2.75, 3.05) is 0 Å². The van der Waals surface area contributed by atoms with E-state index in [1.807, 2.05) is 72.6 Å². The first kappa shape index (κ1) is 14.3. The maximum atomic E-state index is 9.37. The van der Waals surface area contributed by atoms with E-state index in [9.17, 15) is 10.7 Å². The second-order valence-electron chi connectivity index (χ2n) is 5.94. The zero-order chi connectivity index (χ0) is 16.5. The molecule has 2 unspecified atom stereocenters. The molecular weight excluding hydrogens is 296 g/mol. The summed E-state index contributed by atoms with van der Waals surface area (Å²) in [7, 11) is 0. The van der Waals surface area contributed by atoms with Gasteiger partial charge in [-0.15, -0.1) is 0 Å². The molecule has 2 aromatic rings. The highest BCUT2D eigenvalue weighted by atomic mass is 15.4. The number of fused-ring (bicyclic) bond motifs is 1. The molecule has 0 spiro atoms. The highest BCUT2D eigenvalue weighted by molar-refractivity contribution is 6.12. The lowest BCUT2D eigenvalue weighted by Crippen LogP contribution is -2.27. The van der Waals surface area contributed by atoms with Gasteiger partial charge < -0.3 is 5.41 Å². The third kappa shape index (κ3) is 2.28. The van der Waals surface area contributed by atoms with Crippen molar-refractivity contribution in [2.24, 2.45) is 16.9 Å². The molecule has 1 heterocycles. The van der Waals surface area contributed by atoms with Crippen molar-refractivity contribution >= 4 is 17.3 Å². The number of allylic oxidation sites excluding steroid dienone is 1. The van der Waals surface area contributed by atoms with Gasteiger partial charge in [0.2, 0.25) is 5.71 Å². The summed E-state index contributed by atoms with van der Waals surface area (Å²) in [6, 6.07) is 21.9. The minimum Gasteiger partial charge on any atom is -0.757 e. The summed E-state index contributed by atoms with van der Waals surface area (Å²) in [5.74, 6) is 2.65. The van der Waals surface area contributed by atoms with Gasteiger partial charge in [-0.2, -0.15) is 11.1 Å². The second-order valence-corrected chi connectivity index (χ2v) is 5.94. The van der Waals surface area contributed by atoms with Crippen molar-refractivity contribution in [3.05, 3.63) is 82.9 Å². The first-order valence-electron chi connectivity index (χ1n) is 7.87. The number of hydrogen-bond donors (Lipinski definition) is 0. The van der Waals surface area contributed by atoms with Crippen LogP contribution in [0.5, 0.6) is 0 Å². The summed E-state index contributed by atoms with van der Waals surface area (Å²) in [4.78, 5) is 0. The summed E-state index contributed by atoms with van der Waals surface area (Å²) < 4.78 is 1.55. The summed E-state index contributed by atoms with van der Waals surface area (Å²) in [6.07, 6.45) is 0.999. The number of benzene rings is 2. The summed E-state index contributed by atoms with van der Waals surface area (Å²) in [5.41, 5.74) is 4.00. The molecule has 0 amide bonds. The topological polar surface area (TPSA) is 61.5 Å². The fourth-order valence-corrected chi connectivity index (χ4v) is 3.31. The van der Waals surface area contributed by atoms with Crippen LogP contribution in [0.3, 0.4) is 0 Å². The first-order valence-corrected chi connectivity index (χ1v) is 7.87. The highest BCUT2D eigenvalue weighted by Crippen LogP contribution is 2.46. The number of hydrazone groups is 1. The van der Waals surface area contributed by atoms with E-state index in [0.717, 1.165) is 29.0 Å². The predicted molar refractivity (Wildman–Crippen MR) is 92.9 cm³/mol. The molecule has 4 heteroatoms. The van der Waals surface area contributed by atoms with Crippen molar-refractivity contribution in [1.82, 2.24) is 0 Å². The molecule has 114 valence electrons. The lowest BCUT2D eigenvalue weighted by atomic mass is 9.98. The third-order valence-electron chi connectivity index (χ3n) is 4.49.